The molecular weight excluding hydrogens is 246 g/mol. The minimum atomic E-state index is -0.440. The molecule has 0 unspecified atom stereocenters. The summed E-state index contributed by atoms with van der Waals surface area (Å²) < 4.78 is 10.2. The van der Waals surface area contributed by atoms with Crippen LogP contribution in [0.15, 0.2) is 29.0 Å². The van der Waals surface area contributed by atoms with Gasteiger partial charge in [-0.1, -0.05) is 0 Å². The van der Waals surface area contributed by atoms with E-state index in [0.29, 0.717) is 30.4 Å². The monoisotopic (exact) mass is 261 g/mol. The summed E-state index contributed by atoms with van der Waals surface area (Å²) in [6.45, 7) is 4.26. The number of aryl methyl sites for hydroxylation is 1. The number of ether oxygens (including phenoxy) is 1. The summed E-state index contributed by atoms with van der Waals surface area (Å²) in [7, 11) is 0. The molecule has 0 spiro atoms. The van der Waals surface area contributed by atoms with Crippen LogP contribution < -0.4 is 5.32 Å². The third-order valence-electron chi connectivity index (χ3n) is 2.41. The van der Waals surface area contributed by atoms with Gasteiger partial charge in [-0.15, -0.1) is 0 Å². The summed E-state index contributed by atoms with van der Waals surface area (Å²) in [5, 5.41) is 3.05. The highest BCUT2D eigenvalue weighted by molar-refractivity contribution is 5.94. The van der Waals surface area contributed by atoms with Crippen molar-refractivity contribution in [3.05, 3.63) is 41.7 Å². The number of furan rings is 1. The molecule has 6 nitrogen and oxygen atoms in total. The largest absolute Gasteiger partial charge is 0.467 e. The lowest BCUT2D eigenvalue weighted by Crippen LogP contribution is -2.12. The Bertz CT molecular complexity index is 552. The summed E-state index contributed by atoms with van der Waals surface area (Å²) in [6, 6.07) is 3.64. The molecular formula is C13H15N3O3. The van der Waals surface area contributed by atoms with Crippen molar-refractivity contribution in [2.75, 3.05) is 11.9 Å². The summed E-state index contributed by atoms with van der Waals surface area (Å²) in [5.41, 5.74) is 0.319. The van der Waals surface area contributed by atoms with E-state index in [-0.39, 0.29) is 0 Å². The van der Waals surface area contributed by atoms with Gasteiger partial charge in [-0.3, -0.25) is 0 Å². The first-order valence-electron chi connectivity index (χ1n) is 5.97. The van der Waals surface area contributed by atoms with Crippen LogP contribution in [-0.2, 0) is 11.3 Å². The van der Waals surface area contributed by atoms with E-state index in [1.54, 1.807) is 26.2 Å². The molecule has 0 bridgehead atoms. The van der Waals surface area contributed by atoms with Gasteiger partial charge in [0.05, 0.1) is 19.4 Å². The Morgan fingerprint density at radius 1 is 1.53 bits per heavy atom. The smallest absolute Gasteiger partial charge is 0.343 e. The van der Waals surface area contributed by atoms with E-state index < -0.39 is 5.97 Å². The van der Waals surface area contributed by atoms with Gasteiger partial charge < -0.3 is 14.5 Å². The van der Waals surface area contributed by atoms with Gasteiger partial charge in [0, 0.05) is 6.20 Å². The number of hydrogen-bond acceptors (Lipinski definition) is 6. The number of aromatic nitrogens is 2. The van der Waals surface area contributed by atoms with Crippen LogP contribution in [0.25, 0.3) is 0 Å². The highest BCUT2D eigenvalue weighted by atomic mass is 16.5. The second-order valence-corrected chi connectivity index (χ2v) is 3.83. The summed E-state index contributed by atoms with van der Waals surface area (Å²) in [4.78, 5) is 20.0. The lowest BCUT2D eigenvalue weighted by molar-refractivity contribution is 0.0526. The molecule has 2 rings (SSSR count). The van der Waals surface area contributed by atoms with E-state index >= 15 is 0 Å². The van der Waals surface area contributed by atoms with Crippen molar-refractivity contribution in [3.8, 4) is 0 Å². The van der Waals surface area contributed by atoms with Gasteiger partial charge in [0.15, 0.2) is 0 Å². The number of esters is 1. The van der Waals surface area contributed by atoms with Gasteiger partial charge in [-0.2, -0.15) is 0 Å². The first-order chi connectivity index (χ1) is 9.20. The van der Waals surface area contributed by atoms with E-state index in [0.717, 1.165) is 5.76 Å². The molecule has 0 fully saturated rings. The molecule has 0 saturated carbocycles. The second kappa shape index (κ2) is 5.99. The number of nitrogens with one attached hydrogen (secondary N) is 1. The number of nitrogens with zero attached hydrogens (tertiary/aromatic N) is 2. The highest BCUT2D eigenvalue weighted by Crippen LogP contribution is 2.14. The zero-order chi connectivity index (χ0) is 13.7. The third kappa shape index (κ3) is 3.31. The molecule has 0 radical (unpaired) electrons. The lowest BCUT2D eigenvalue weighted by atomic mass is 10.3. The molecule has 1 N–H and O–H groups in total. The first kappa shape index (κ1) is 13.1. The fourth-order valence-corrected chi connectivity index (χ4v) is 1.55. The molecule has 2 heterocycles. The van der Waals surface area contributed by atoms with E-state index in [4.69, 9.17) is 9.15 Å². The maximum atomic E-state index is 11.8. The molecule has 0 amide bonds. The number of rotatable bonds is 5. The predicted octanol–water partition coefficient (Wildman–Crippen LogP) is 2.17. The van der Waals surface area contributed by atoms with Crippen molar-refractivity contribution >= 4 is 11.8 Å². The molecule has 0 atom stereocenters. The normalized spacial score (nSPS) is 10.2. The SMILES string of the molecule is CCOC(=O)c1cnc(C)nc1NCc1ccco1. The molecule has 0 aliphatic rings. The second-order valence-electron chi connectivity index (χ2n) is 3.83. The highest BCUT2D eigenvalue weighted by Gasteiger charge is 2.15. The first-order valence-corrected chi connectivity index (χ1v) is 5.97. The van der Waals surface area contributed by atoms with Crippen molar-refractivity contribution in [1.82, 2.24) is 9.97 Å². The van der Waals surface area contributed by atoms with Crippen LogP contribution in [0.2, 0.25) is 0 Å². The zero-order valence-corrected chi connectivity index (χ0v) is 10.8. The number of anilines is 1. The van der Waals surface area contributed by atoms with Crippen molar-refractivity contribution < 1.29 is 13.9 Å². The number of hydrogen-bond donors (Lipinski definition) is 1. The Balaban J connectivity index is 2.17. The van der Waals surface area contributed by atoms with E-state index in [1.165, 1.54) is 6.20 Å². The fraction of sp³-hybridized carbons (Fsp3) is 0.308. The quantitative estimate of drug-likeness (QED) is 0.831. The number of carbonyl (C=O) groups excluding carboxylic acids is 1. The Hall–Kier alpha value is -2.37. The van der Waals surface area contributed by atoms with Crippen LogP contribution in [0.5, 0.6) is 0 Å². The average molecular weight is 261 g/mol. The molecule has 6 heteroatoms. The molecule has 2 aromatic rings. The Kier molecular flexibility index (Phi) is 4.12. The van der Waals surface area contributed by atoms with Crippen molar-refractivity contribution in [1.29, 1.82) is 0 Å². The summed E-state index contributed by atoms with van der Waals surface area (Å²) in [6.07, 6.45) is 3.05. The molecule has 0 saturated heterocycles. The predicted molar refractivity (Wildman–Crippen MR) is 68.8 cm³/mol. The Morgan fingerprint density at radius 2 is 2.37 bits per heavy atom. The standard InChI is InChI=1S/C13H15N3O3/c1-3-18-13(17)11-8-14-9(2)16-12(11)15-7-10-5-4-6-19-10/h4-6,8H,3,7H2,1-2H3,(H,14,15,16). The maximum Gasteiger partial charge on any atom is 0.343 e. The topological polar surface area (TPSA) is 77.2 Å². The van der Waals surface area contributed by atoms with Crippen molar-refractivity contribution in [2.24, 2.45) is 0 Å². The molecule has 19 heavy (non-hydrogen) atoms. The maximum absolute atomic E-state index is 11.8. The minimum Gasteiger partial charge on any atom is -0.467 e. The zero-order valence-electron chi connectivity index (χ0n) is 10.8. The van der Waals surface area contributed by atoms with E-state index in [1.807, 2.05) is 6.07 Å². The van der Waals surface area contributed by atoms with E-state index in [2.05, 4.69) is 15.3 Å². The van der Waals surface area contributed by atoms with Gasteiger partial charge in [0.2, 0.25) is 0 Å². The fourth-order valence-electron chi connectivity index (χ4n) is 1.55. The summed E-state index contributed by atoms with van der Waals surface area (Å²) >= 11 is 0. The average Bonchev–Trinajstić information content (AvgIpc) is 2.89. The van der Waals surface area contributed by atoms with Crippen LogP contribution in [0, 0.1) is 6.92 Å². The van der Waals surface area contributed by atoms with Gasteiger partial charge >= 0.3 is 5.97 Å². The third-order valence-corrected chi connectivity index (χ3v) is 2.41. The molecule has 2 aromatic heterocycles. The molecule has 0 aliphatic heterocycles. The minimum absolute atomic E-state index is 0.310. The molecule has 0 aliphatic carbocycles. The van der Waals surface area contributed by atoms with Crippen LogP contribution in [-0.4, -0.2) is 22.5 Å². The molecule has 0 aromatic carbocycles. The van der Waals surface area contributed by atoms with Crippen LogP contribution in [0.1, 0.15) is 28.9 Å². The Morgan fingerprint density at radius 3 is 3.05 bits per heavy atom. The lowest BCUT2D eigenvalue weighted by Gasteiger charge is -2.09. The van der Waals surface area contributed by atoms with E-state index in [9.17, 15) is 4.79 Å². The van der Waals surface area contributed by atoms with Gasteiger partial charge in [-0.05, 0) is 26.0 Å². The summed E-state index contributed by atoms with van der Waals surface area (Å²) in [5.74, 6) is 1.34. The van der Waals surface area contributed by atoms with Gasteiger partial charge in [0.25, 0.3) is 0 Å². The number of carbonyl (C=O) groups is 1. The van der Waals surface area contributed by atoms with Crippen LogP contribution in [0.4, 0.5) is 5.82 Å². The Labute approximate surface area is 110 Å². The van der Waals surface area contributed by atoms with Gasteiger partial charge in [-0.25, -0.2) is 14.8 Å². The van der Waals surface area contributed by atoms with Crippen molar-refractivity contribution in [2.45, 2.75) is 20.4 Å². The molecule has 100 valence electrons. The van der Waals surface area contributed by atoms with Crippen LogP contribution in [0.3, 0.4) is 0 Å². The van der Waals surface area contributed by atoms with Crippen LogP contribution >= 0.6 is 0 Å². The van der Waals surface area contributed by atoms with Crippen molar-refractivity contribution in [3.63, 3.8) is 0 Å². The van der Waals surface area contributed by atoms with Gasteiger partial charge in [0.1, 0.15) is 23.0 Å².